The van der Waals surface area contributed by atoms with Gasteiger partial charge < -0.3 is 5.11 Å². The van der Waals surface area contributed by atoms with Gasteiger partial charge in [-0.2, -0.15) is 0 Å². The topological polar surface area (TPSA) is 20.2 Å². The Labute approximate surface area is 107 Å². The Hall–Kier alpha value is -1.22. The highest BCUT2D eigenvalue weighted by molar-refractivity contribution is 5.24. The summed E-state index contributed by atoms with van der Waals surface area (Å²) in [5.74, 6) is -2.83. The van der Waals surface area contributed by atoms with Gasteiger partial charge in [0.2, 0.25) is 0 Å². The largest absolute Gasteiger partial charge is 0.384 e. The summed E-state index contributed by atoms with van der Waals surface area (Å²) in [6.07, 6.45) is 1.33. The molecular formula is C15H20F2O. The van der Waals surface area contributed by atoms with E-state index in [4.69, 9.17) is 0 Å². The van der Waals surface area contributed by atoms with E-state index in [-0.39, 0.29) is 12.0 Å². The molecule has 1 nitrogen and oxygen atoms in total. The van der Waals surface area contributed by atoms with E-state index in [9.17, 15) is 13.9 Å². The molecule has 0 saturated carbocycles. The van der Waals surface area contributed by atoms with Crippen LogP contribution in [0.4, 0.5) is 8.78 Å². The van der Waals surface area contributed by atoms with E-state index < -0.39 is 12.0 Å². The SMILES string of the molecule is CCCCC(F)(F)/C(C)=C/C(O)c1ccccc1. The molecule has 0 saturated heterocycles. The van der Waals surface area contributed by atoms with Crippen LogP contribution >= 0.6 is 0 Å². The fraction of sp³-hybridized carbons (Fsp3) is 0.467. The van der Waals surface area contributed by atoms with Gasteiger partial charge in [0.1, 0.15) is 0 Å². The molecule has 0 radical (unpaired) electrons. The highest BCUT2D eigenvalue weighted by Gasteiger charge is 2.30. The van der Waals surface area contributed by atoms with Crippen LogP contribution in [0.1, 0.15) is 44.8 Å². The molecule has 0 bridgehead atoms. The second-order valence-corrected chi connectivity index (χ2v) is 4.51. The van der Waals surface area contributed by atoms with Crippen molar-refractivity contribution in [2.45, 2.75) is 45.1 Å². The number of aliphatic hydroxyl groups excluding tert-OH is 1. The fourth-order valence-corrected chi connectivity index (χ4v) is 1.70. The molecule has 1 N–H and O–H groups in total. The van der Waals surface area contributed by atoms with Crippen molar-refractivity contribution in [3.05, 3.63) is 47.5 Å². The Morgan fingerprint density at radius 3 is 2.50 bits per heavy atom. The molecule has 1 aromatic carbocycles. The smallest absolute Gasteiger partial charge is 0.269 e. The minimum Gasteiger partial charge on any atom is -0.384 e. The second kappa shape index (κ2) is 6.64. The van der Waals surface area contributed by atoms with Crippen molar-refractivity contribution in [2.75, 3.05) is 0 Å². The zero-order valence-electron chi connectivity index (χ0n) is 10.9. The third-order valence-electron chi connectivity index (χ3n) is 2.97. The van der Waals surface area contributed by atoms with E-state index in [1.165, 1.54) is 13.0 Å². The summed E-state index contributed by atoms with van der Waals surface area (Å²) in [6, 6.07) is 8.81. The molecule has 100 valence electrons. The summed E-state index contributed by atoms with van der Waals surface area (Å²) < 4.78 is 27.4. The predicted octanol–water partition coefficient (Wildman–Crippen LogP) is 4.49. The third kappa shape index (κ3) is 4.22. The maximum Gasteiger partial charge on any atom is 0.269 e. The van der Waals surface area contributed by atoms with Gasteiger partial charge in [-0.25, -0.2) is 8.78 Å². The van der Waals surface area contributed by atoms with Crippen molar-refractivity contribution in [1.82, 2.24) is 0 Å². The van der Waals surface area contributed by atoms with Crippen molar-refractivity contribution in [1.29, 1.82) is 0 Å². The number of aliphatic hydroxyl groups is 1. The maximum absolute atomic E-state index is 13.7. The molecule has 1 unspecified atom stereocenters. The highest BCUT2D eigenvalue weighted by atomic mass is 19.3. The van der Waals surface area contributed by atoms with Crippen LogP contribution in [0.5, 0.6) is 0 Å². The van der Waals surface area contributed by atoms with Crippen LogP contribution in [-0.4, -0.2) is 11.0 Å². The Bertz CT molecular complexity index is 385. The lowest BCUT2D eigenvalue weighted by molar-refractivity contribution is 0.0283. The van der Waals surface area contributed by atoms with Gasteiger partial charge in [0.15, 0.2) is 0 Å². The molecule has 1 atom stereocenters. The lowest BCUT2D eigenvalue weighted by atomic mass is 10.0. The van der Waals surface area contributed by atoms with Gasteiger partial charge in [-0.1, -0.05) is 43.7 Å². The first kappa shape index (κ1) is 14.8. The fourth-order valence-electron chi connectivity index (χ4n) is 1.70. The Kier molecular flexibility index (Phi) is 5.48. The van der Waals surface area contributed by atoms with Gasteiger partial charge >= 0.3 is 0 Å². The molecule has 1 aromatic rings. The molecule has 0 aliphatic carbocycles. The van der Waals surface area contributed by atoms with Crippen LogP contribution in [0.2, 0.25) is 0 Å². The third-order valence-corrected chi connectivity index (χ3v) is 2.97. The predicted molar refractivity (Wildman–Crippen MR) is 69.6 cm³/mol. The first-order chi connectivity index (χ1) is 8.47. The zero-order valence-corrected chi connectivity index (χ0v) is 10.9. The number of hydrogen-bond acceptors (Lipinski definition) is 1. The van der Waals surface area contributed by atoms with Crippen LogP contribution in [0.15, 0.2) is 42.0 Å². The van der Waals surface area contributed by atoms with Crippen molar-refractivity contribution >= 4 is 0 Å². The minimum absolute atomic E-state index is 0.0627. The van der Waals surface area contributed by atoms with E-state index in [0.29, 0.717) is 12.0 Å². The normalized spacial score (nSPS) is 14.6. The second-order valence-electron chi connectivity index (χ2n) is 4.51. The quantitative estimate of drug-likeness (QED) is 0.741. The summed E-state index contributed by atoms with van der Waals surface area (Å²) in [5.41, 5.74) is 0.565. The van der Waals surface area contributed by atoms with Crippen molar-refractivity contribution in [3.8, 4) is 0 Å². The zero-order chi connectivity index (χ0) is 13.6. The molecule has 0 fully saturated rings. The van der Waals surface area contributed by atoms with E-state index in [1.54, 1.807) is 24.3 Å². The number of unbranched alkanes of at least 4 members (excludes halogenated alkanes) is 1. The van der Waals surface area contributed by atoms with Crippen molar-refractivity contribution in [3.63, 3.8) is 0 Å². The lowest BCUT2D eigenvalue weighted by Crippen LogP contribution is -2.18. The van der Waals surface area contributed by atoms with Crippen molar-refractivity contribution in [2.24, 2.45) is 0 Å². The van der Waals surface area contributed by atoms with Crippen molar-refractivity contribution < 1.29 is 13.9 Å². The monoisotopic (exact) mass is 254 g/mol. The highest BCUT2D eigenvalue weighted by Crippen LogP contribution is 2.31. The van der Waals surface area contributed by atoms with E-state index in [0.717, 1.165) is 6.42 Å². The Balaban J connectivity index is 2.76. The molecule has 0 amide bonds. The maximum atomic E-state index is 13.7. The first-order valence-corrected chi connectivity index (χ1v) is 6.27. The average molecular weight is 254 g/mol. The number of benzene rings is 1. The molecular weight excluding hydrogens is 234 g/mol. The first-order valence-electron chi connectivity index (χ1n) is 6.27. The van der Waals surface area contributed by atoms with E-state index >= 15 is 0 Å². The van der Waals surface area contributed by atoms with Crippen LogP contribution in [-0.2, 0) is 0 Å². The van der Waals surface area contributed by atoms with Crippen LogP contribution in [0.3, 0.4) is 0 Å². The van der Waals surface area contributed by atoms with Gasteiger partial charge in [0.25, 0.3) is 5.92 Å². The summed E-state index contributed by atoms with van der Waals surface area (Å²) in [4.78, 5) is 0. The van der Waals surface area contributed by atoms with Crippen LogP contribution in [0, 0.1) is 0 Å². The van der Waals surface area contributed by atoms with Crippen LogP contribution in [0.25, 0.3) is 0 Å². The van der Waals surface area contributed by atoms with Gasteiger partial charge in [0, 0.05) is 6.42 Å². The molecule has 0 aliphatic heterocycles. The van der Waals surface area contributed by atoms with Gasteiger partial charge in [-0.05, 0) is 30.6 Å². The molecule has 0 spiro atoms. The number of rotatable bonds is 6. The minimum atomic E-state index is -2.83. The molecule has 0 aliphatic rings. The van der Waals surface area contributed by atoms with E-state index in [1.807, 2.05) is 13.0 Å². The molecule has 0 heterocycles. The average Bonchev–Trinajstić information content (AvgIpc) is 2.37. The van der Waals surface area contributed by atoms with Gasteiger partial charge in [0.05, 0.1) is 6.10 Å². The standard InChI is InChI=1S/C15H20F2O/c1-3-4-10-15(16,17)12(2)11-14(18)13-8-6-5-7-9-13/h5-9,11,14,18H,3-4,10H2,1-2H3/b12-11+. The Morgan fingerprint density at radius 2 is 1.94 bits per heavy atom. The summed E-state index contributed by atoms with van der Waals surface area (Å²) in [6.45, 7) is 3.26. The summed E-state index contributed by atoms with van der Waals surface area (Å²) in [5, 5.41) is 9.87. The van der Waals surface area contributed by atoms with E-state index in [2.05, 4.69) is 0 Å². The molecule has 18 heavy (non-hydrogen) atoms. The van der Waals surface area contributed by atoms with Gasteiger partial charge in [-0.15, -0.1) is 0 Å². The summed E-state index contributed by atoms with van der Waals surface area (Å²) in [7, 11) is 0. The number of alkyl halides is 2. The number of hydrogen-bond donors (Lipinski definition) is 1. The molecule has 3 heteroatoms. The molecule has 1 rings (SSSR count). The number of allylic oxidation sites excluding steroid dienone is 1. The summed E-state index contributed by atoms with van der Waals surface area (Å²) >= 11 is 0. The molecule has 0 aromatic heterocycles. The number of halogens is 2. The lowest BCUT2D eigenvalue weighted by Gasteiger charge is -2.18. The van der Waals surface area contributed by atoms with Crippen LogP contribution < -0.4 is 0 Å². The Morgan fingerprint density at radius 1 is 1.33 bits per heavy atom. The van der Waals surface area contributed by atoms with Gasteiger partial charge in [-0.3, -0.25) is 0 Å².